The van der Waals surface area contributed by atoms with E-state index in [9.17, 15) is 4.79 Å². The number of ether oxygens (including phenoxy) is 1. The van der Waals surface area contributed by atoms with Crippen LogP contribution in [0.1, 0.15) is 12.8 Å². The second-order valence-electron chi connectivity index (χ2n) is 8.15. The maximum absolute atomic E-state index is 13.1. The minimum absolute atomic E-state index is 0.0160. The summed E-state index contributed by atoms with van der Waals surface area (Å²) < 4.78 is 5.24. The number of para-hydroxylation sites is 1. The van der Waals surface area contributed by atoms with Gasteiger partial charge < -0.3 is 15.0 Å². The lowest BCUT2D eigenvalue weighted by Gasteiger charge is -2.33. The summed E-state index contributed by atoms with van der Waals surface area (Å²) in [4.78, 5) is 28.7. The molecule has 0 unspecified atom stereocenters. The zero-order chi connectivity index (χ0) is 22.6. The normalized spacial score (nSPS) is 15.9. The van der Waals surface area contributed by atoms with Gasteiger partial charge >= 0.3 is 0 Å². The topological polar surface area (TPSA) is 80.2 Å². The predicted molar refractivity (Wildman–Crippen MR) is 129 cm³/mol. The summed E-state index contributed by atoms with van der Waals surface area (Å²) in [5.41, 5.74) is 3.39. The Kier molecular flexibility index (Phi) is 5.85. The van der Waals surface area contributed by atoms with Crippen molar-refractivity contribution in [2.75, 3.05) is 30.4 Å². The molecule has 5 rings (SSSR count). The number of nitrogens with one attached hydrogen (secondary N) is 1. The third kappa shape index (κ3) is 4.48. The number of piperidine rings is 1. The molecule has 7 heteroatoms. The first-order valence-electron chi connectivity index (χ1n) is 11.1. The van der Waals surface area contributed by atoms with Crippen LogP contribution < -0.4 is 15.0 Å². The summed E-state index contributed by atoms with van der Waals surface area (Å²) in [5, 5.41) is 4.11. The molecule has 2 aromatic carbocycles. The summed E-state index contributed by atoms with van der Waals surface area (Å²) in [7, 11) is 1.65. The van der Waals surface area contributed by atoms with Gasteiger partial charge in [0.05, 0.1) is 29.9 Å². The van der Waals surface area contributed by atoms with Crippen molar-refractivity contribution >= 4 is 28.3 Å². The van der Waals surface area contributed by atoms with Gasteiger partial charge in [0.1, 0.15) is 17.9 Å². The van der Waals surface area contributed by atoms with Crippen molar-refractivity contribution < 1.29 is 9.53 Å². The average molecular weight is 440 g/mol. The van der Waals surface area contributed by atoms with Gasteiger partial charge in [0.25, 0.3) is 0 Å². The molecular weight excluding hydrogens is 414 g/mol. The number of carbonyl (C=O) groups is 1. The quantitative estimate of drug-likeness (QED) is 0.491. The van der Waals surface area contributed by atoms with Gasteiger partial charge in [-0.05, 0) is 49.2 Å². The molecule has 166 valence electrons. The van der Waals surface area contributed by atoms with Crippen LogP contribution >= 0.6 is 0 Å². The Morgan fingerprint density at radius 1 is 1.06 bits per heavy atom. The number of benzene rings is 2. The Bertz CT molecular complexity index is 1270. The number of rotatable bonds is 5. The highest BCUT2D eigenvalue weighted by Gasteiger charge is 2.27. The van der Waals surface area contributed by atoms with Crippen molar-refractivity contribution in [3.8, 4) is 17.0 Å². The fraction of sp³-hybridized carbons (Fsp3) is 0.231. The summed E-state index contributed by atoms with van der Waals surface area (Å²) in [5.74, 6) is 1.53. The number of amides is 1. The third-order valence-electron chi connectivity index (χ3n) is 6.05. The molecule has 0 spiro atoms. The summed E-state index contributed by atoms with van der Waals surface area (Å²) in [6.07, 6.45) is 5.10. The number of anilines is 2. The number of aromatic nitrogens is 3. The highest BCUT2D eigenvalue weighted by atomic mass is 16.5. The van der Waals surface area contributed by atoms with Gasteiger partial charge in [0.2, 0.25) is 5.91 Å². The van der Waals surface area contributed by atoms with E-state index < -0.39 is 0 Å². The van der Waals surface area contributed by atoms with E-state index in [0.717, 1.165) is 58.8 Å². The van der Waals surface area contributed by atoms with E-state index in [0.29, 0.717) is 6.54 Å². The molecule has 4 aromatic rings. The number of pyridine rings is 1. The zero-order valence-electron chi connectivity index (χ0n) is 18.4. The molecule has 3 heterocycles. The maximum atomic E-state index is 13.1. The lowest BCUT2D eigenvalue weighted by Crippen LogP contribution is -2.41. The van der Waals surface area contributed by atoms with Gasteiger partial charge in [-0.3, -0.25) is 9.78 Å². The molecule has 1 atom stereocenters. The Balaban J connectivity index is 1.32. The van der Waals surface area contributed by atoms with Crippen LogP contribution in [0.25, 0.3) is 22.2 Å². The van der Waals surface area contributed by atoms with Crippen molar-refractivity contribution in [3.63, 3.8) is 0 Å². The van der Waals surface area contributed by atoms with E-state index >= 15 is 0 Å². The molecule has 1 aliphatic rings. The molecule has 7 nitrogen and oxygen atoms in total. The van der Waals surface area contributed by atoms with Crippen LogP contribution in [0.2, 0.25) is 0 Å². The Labute approximate surface area is 192 Å². The van der Waals surface area contributed by atoms with Crippen LogP contribution in [0.3, 0.4) is 0 Å². The fourth-order valence-electron chi connectivity index (χ4n) is 4.28. The maximum Gasteiger partial charge on any atom is 0.229 e. The van der Waals surface area contributed by atoms with E-state index in [-0.39, 0.29) is 11.8 Å². The number of carbonyl (C=O) groups excluding carboxylic acids is 1. The minimum Gasteiger partial charge on any atom is -0.497 e. The van der Waals surface area contributed by atoms with Crippen LogP contribution in [-0.4, -0.2) is 41.1 Å². The van der Waals surface area contributed by atoms with Crippen molar-refractivity contribution in [1.29, 1.82) is 0 Å². The Hall–Kier alpha value is -4.00. The third-order valence-corrected chi connectivity index (χ3v) is 6.05. The second-order valence-corrected chi connectivity index (χ2v) is 8.15. The Morgan fingerprint density at radius 2 is 1.91 bits per heavy atom. The van der Waals surface area contributed by atoms with Gasteiger partial charge in [-0.25, -0.2) is 9.97 Å². The zero-order valence-corrected chi connectivity index (χ0v) is 18.4. The number of hydrogen-bond donors (Lipinski definition) is 1. The molecule has 1 fully saturated rings. The minimum atomic E-state index is -0.128. The molecule has 0 bridgehead atoms. The monoisotopic (exact) mass is 439 g/mol. The SMILES string of the molecule is COc1ccc(-c2cc(N3CCC[C@H](C(=O)Nc4cccc5cccnc45)C3)ncn2)cc1. The van der Waals surface area contributed by atoms with Crippen LogP contribution in [0.15, 0.2) is 73.2 Å². The second kappa shape index (κ2) is 9.24. The van der Waals surface area contributed by atoms with Gasteiger partial charge in [0.15, 0.2) is 0 Å². The van der Waals surface area contributed by atoms with E-state index in [4.69, 9.17) is 4.74 Å². The van der Waals surface area contributed by atoms with Crippen LogP contribution in [-0.2, 0) is 4.79 Å². The van der Waals surface area contributed by atoms with Gasteiger partial charge in [-0.15, -0.1) is 0 Å². The molecule has 0 radical (unpaired) electrons. The smallest absolute Gasteiger partial charge is 0.229 e. The highest BCUT2D eigenvalue weighted by Crippen LogP contribution is 2.28. The summed E-state index contributed by atoms with van der Waals surface area (Å²) >= 11 is 0. The predicted octanol–water partition coefficient (Wildman–Crippen LogP) is 4.56. The summed E-state index contributed by atoms with van der Waals surface area (Å²) in [6.45, 7) is 1.47. The molecule has 0 saturated carbocycles. The van der Waals surface area contributed by atoms with Crippen molar-refractivity contribution in [2.24, 2.45) is 5.92 Å². The van der Waals surface area contributed by atoms with Gasteiger partial charge in [0, 0.05) is 36.3 Å². The van der Waals surface area contributed by atoms with E-state index in [2.05, 4.69) is 25.2 Å². The number of methoxy groups -OCH3 is 1. The number of nitrogens with zero attached hydrogens (tertiary/aromatic N) is 4. The molecule has 1 saturated heterocycles. The standard InChI is InChI=1S/C26H25N5O2/c1-33-21-11-9-18(10-12-21)23-15-24(29-17-28-23)31-14-4-7-20(16-31)26(32)30-22-8-2-5-19-6-3-13-27-25(19)22/h2-3,5-6,8-13,15,17,20H,4,7,14,16H2,1H3,(H,30,32)/t20-/m0/s1. The molecule has 1 amide bonds. The first kappa shape index (κ1) is 20.9. The molecule has 33 heavy (non-hydrogen) atoms. The first-order valence-corrected chi connectivity index (χ1v) is 11.1. The van der Waals surface area contributed by atoms with Crippen LogP contribution in [0.4, 0.5) is 11.5 Å². The molecule has 0 aliphatic carbocycles. The van der Waals surface area contributed by atoms with Gasteiger partial charge in [-0.2, -0.15) is 0 Å². The molecular formula is C26H25N5O2. The fourth-order valence-corrected chi connectivity index (χ4v) is 4.28. The van der Waals surface area contributed by atoms with Crippen molar-refractivity contribution in [3.05, 3.63) is 73.2 Å². The largest absolute Gasteiger partial charge is 0.497 e. The highest BCUT2D eigenvalue weighted by molar-refractivity contribution is 6.01. The summed E-state index contributed by atoms with van der Waals surface area (Å²) in [6, 6.07) is 19.5. The molecule has 2 aromatic heterocycles. The molecule has 1 N–H and O–H groups in total. The Morgan fingerprint density at radius 3 is 2.76 bits per heavy atom. The van der Waals surface area contributed by atoms with E-state index in [1.807, 2.05) is 60.7 Å². The van der Waals surface area contributed by atoms with Crippen molar-refractivity contribution in [2.45, 2.75) is 12.8 Å². The number of fused-ring (bicyclic) bond motifs is 1. The number of hydrogen-bond acceptors (Lipinski definition) is 6. The lowest BCUT2D eigenvalue weighted by atomic mass is 9.96. The van der Waals surface area contributed by atoms with E-state index in [1.54, 1.807) is 19.6 Å². The van der Waals surface area contributed by atoms with Gasteiger partial charge in [-0.1, -0.05) is 18.2 Å². The first-order chi connectivity index (χ1) is 16.2. The molecule has 1 aliphatic heterocycles. The van der Waals surface area contributed by atoms with Crippen molar-refractivity contribution in [1.82, 2.24) is 15.0 Å². The van der Waals surface area contributed by atoms with E-state index in [1.165, 1.54) is 0 Å². The van der Waals surface area contributed by atoms with Crippen LogP contribution in [0, 0.1) is 5.92 Å². The van der Waals surface area contributed by atoms with Crippen LogP contribution in [0.5, 0.6) is 5.75 Å². The lowest BCUT2D eigenvalue weighted by molar-refractivity contribution is -0.120. The average Bonchev–Trinajstić information content (AvgIpc) is 2.89.